The van der Waals surface area contributed by atoms with Gasteiger partial charge in [-0.1, -0.05) is 15.9 Å². The van der Waals surface area contributed by atoms with Crippen molar-refractivity contribution in [1.82, 2.24) is 0 Å². The largest absolute Gasteiger partial charge is 0.466 e. The third kappa shape index (κ3) is 5.77. The molecular weight excluding hydrogens is 264 g/mol. The molecule has 0 aliphatic rings. The Kier molecular flexibility index (Phi) is 6.56. The normalized spacial score (nSPS) is 14.1. The van der Waals surface area contributed by atoms with Crippen LogP contribution in [0.4, 0.5) is 0 Å². The van der Waals surface area contributed by atoms with E-state index in [4.69, 9.17) is 9.47 Å². The first-order valence-electron chi connectivity index (χ1n) is 4.95. The molecule has 0 aromatic heterocycles. The summed E-state index contributed by atoms with van der Waals surface area (Å²) in [6, 6.07) is 0. The molecule has 1 unspecified atom stereocenters. The van der Waals surface area contributed by atoms with Gasteiger partial charge in [-0.2, -0.15) is 0 Å². The van der Waals surface area contributed by atoms with Crippen LogP contribution in [-0.2, 0) is 19.1 Å². The molecule has 4 nitrogen and oxygen atoms in total. The second kappa shape index (κ2) is 6.82. The summed E-state index contributed by atoms with van der Waals surface area (Å²) in [5.41, 5.74) is 0. The molecule has 88 valence electrons. The lowest BCUT2D eigenvalue weighted by Gasteiger charge is -2.19. The summed E-state index contributed by atoms with van der Waals surface area (Å²) < 4.78 is 8.82. The Morgan fingerprint density at radius 1 is 1.20 bits per heavy atom. The molecule has 0 aromatic rings. The summed E-state index contributed by atoms with van der Waals surface area (Å²) >= 11 is 3.25. The minimum absolute atomic E-state index is 0.203. The monoisotopic (exact) mass is 280 g/mol. The third-order valence-corrected chi connectivity index (χ3v) is 2.53. The van der Waals surface area contributed by atoms with Gasteiger partial charge in [0.15, 0.2) is 0 Å². The minimum atomic E-state index is -0.810. The molecular formula is C10H17BrO4. The van der Waals surface area contributed by atoms with Crippen LogP contribution in [0.25, 0.3) is 0 Å². The number of esters is 2. The van der Waals surface area contributed by atoms with E-state index in [1.165, 1.54) is 0 Å². The van der Waals surface area contributed by atoms with Gasteiger partial charge in [0.2, 0.25) is 0 Å². The van der Waals surface area contributed by atoms with E-state index in [-0.39, 0.29) is 18.4 Å². The third-order valence-electron chi connectivity index (χ3n) is 1.80. The number of carbonyl (C=O) groups is 2. The molecule has 1 atom stereocenters. The molecule has 0 aromatic carbocycles. The van der Waals surface area contributed by atoms with Crippen LogP contribution < -0.4 is 0 Å². The van der Waals surface area contributed by atoms with Crippen molar-refractivity contribution in [2.75, 3.05) is 13.2 Å². The average molecular weight is 281 g/mol. The number of alkyl halides is 1. The summed E-state index contributed by atoms with van der Waals surface area (Å²) in [7, 11) is 0. The maximum atomic E-state index is 11.4. The Bertz CT molecular complexity index is 225. The van der Waals surface area contributed by atoms with Crippen LogP contribution in [0, 0.1) is 0 Å². The van der Waals surface area contributed by atoms with E-state index >= 15 is 0 Å². The minimum Gasteiger partial charge on any atom is -0.466 e. The van der Waals surface area contributed by atoms with Crippen LogP contribution in [0.3, 0.4) is 0 Å². The number of hydrogen-bond donors (Lipinski definition) is 0. The molecule has 0 saturated heterocycles. The number of ether oxygens (including phenoxy) is 2. The fourth-order valence-corrected chi connectivity index (χ4v) is 1.27. The maximum Gasteiger partial charge on any atom is 0.322 e. The predicted molar refractivity (Wildman–Crippen MR) is 59.8 cm³/mol. The molecule has 0 aliphatic carbocycles. The Morgan fingerprint density at radius 3 is 2.20 bits per heavy atom. The van der Waals surface area contributed by atoms with Crippen molar-refractivity contribution in [3.8, 4) is 0 Å². The number of carbonyl (C=O) groups excluding carboxylic acids is 2. The molecule has 0 bridgehead atoms. The fourth-order valence-electron chi connectivity index (χ4n) is 0.954. The molecule has 0 saturated carbocycles. The van der Waals surface area contributed by atoms with Gasteiger partial charge in [-0.05, 0) is 27.2 Å². The van der Waals surface area contributed by atoms with Crippen molar-refractivity contribution in [3.05, 3.63) is 0 Å². The Morgan fingerprint density at radius 2 is 1.73 bits per heavy atom. The van der Waals surface area contributed by atoms with Gasteiger partial charge in [0.05, 0.1) is 13.2 Å². The van der Waals surface area contributed by atoms with Crippen molar-refractivity contribution in [2.24, 2.45) is 0 Å². The van der Waals surface area contributed by atoms with Gasteiger partial charge in [-0.25, -0.2) is 0 Å². The predicted octanol–water partition coefficient (Wildman–Crippen LogP) is 2.05. The Balaban J connectivity index is 4.03. The van der Waals surface area contributed by atoms with Gasteiger partial charge < -0.3 is 9.47 Å². The maximum absolute atomic E-state index is 11.4. The molecule has 0 radical (unpaired) electrons. The summed E-state index contributed by atoms with van der Waals surface area (Å²) in [5.74, 6) is -0.651. The van der Waals surface area contributed by atoms with Gasteiger partial charge in [-0.3, -0.25) is 9.59 Å². The number of hydrogen-bond acceptors (Lipinski definition) is 4. The Labute approximate surface area is 98.4 Å². The highest BCUT2D eigenvalue weighted by molar-refractivity contribution is 9.10. The molecule has 0 aliphatic heterocycles. The van der Waals surface area contributed by atoms with E-state index in [2.05, 4.69) is 15.9 Å². The molecule has 0 heterocycles. The van der Waals surface area contributed by atoms with Crippen molar-refractivity contribution in [1.29, 1.82) is 0 Å². The molecule has 0 spiro atoms. The van der Waals surface area contributed by atoms with Gasteiger partial charge >= 0.3 is 11.9 Å². The zero-order chi connectivity index (χ0) is 11.9. The van der Waals surface area contributed by atoms with Crippen molar-refractivity contribution >= 4 is 27.9 Å². The molecule has 15 heavy (non-hydrogen) atoms. The topological polar surface area (TPSA) is 52.6 Å². The Hall–Kier alpha value is -0.580. The lowest BCUT2D eigenvalue weighted by atomic mass is 10.1. The summed E-state index contributed by atoms with van der Waals surface area (Å²) in [5, 5.41) is 0. The van der Waals surface area contributed by atoms with Gasteiger partial charge in [0.1, 0.15) is 4.32 Å². The van der Waals surface area contributed by atoms with E-state index in [0.29, 0.717) is 19.6 Å². The highest BCUT2D eigenvalue weighted by Gasteiger charge is 2.32. The van der Waals surface area contributed by atoms with Gasteiger partial charge in [-0.15, -0.1) is 0 Å². The SMILES string of the molecule is CCOC(=O)CCC(C)(Br)C(=O)OCC. The lowest BCUT2D eigenvalue weighted by molar-refractivity contribution is -0.146. The van der Waals surface area contributed by atoms with Crippen LogP contribution in [0.1, 0.15) is 33.6 Å². The van der Waals surface area contributed by atoms with Crippen LogP contribution in [0.15, 0.2) is 0 Å². The van der Waals surface area contributed by atoms with Crippen LogP contribution in [-0.4, -0.2) is 29.5 Å². The molecule has 0 amide bonds. The van der Waals surface area contributed by atoms with E-state index in [1.54, 1.807) is 20.8 Å². The highest BCUT2D eigenvalue weighted by atomic mass is 79.9. The van der Waals surface area contributed by atoms with E-state index in [0.717, 1.165) is 0 Å². The second-order valence-electron chi connectivity index (χ2n) is 3.22. The van der Waals surface area contributed by atoms with E-state index in [1.807, 2.05) is 0 Å². The molecule has 0 rings (SSSR count). The molecule has 5 heteroatoms. The van der Waals surface area contributed by atoms with Crippen LogP contribution in [0.5, 0.6) is 0 Å². The average Bonchev–Trinajstić information content (AvgIpc) is 2.16. The van der Waals surface area contributed by atoms with Crippen molar-refractivity contribution in [3.63, 3.8) is 0 Å². The second-order valence-corrected chi connectivity index (χ2v) is 4.97. The van der Waals surface area contributed by atoms with Crippen LogP contribution >= 0.6 is 15.9 Å². The first-order valence-corrected chi connectivity index (χ1v) is 5.75. The summed E-state index contributed by atoms with van der Waals surface area (Å²) in [4.78, 5) is 22.5. The van der Waals surface area contributed by atoms with Crippen molar-refractivity contribution < 1.29 is 19.1 Å². The fraction of sp³-hybridized carbons (Fsp3) is 0.800. The van der Waals surface area contributed by atoms with Gasteiger partial charge in [0, 0.05) is 6.42 Å². The number of rotatable bonds is 6. The standard InChI is InChI=1S/C10H17BrO4/c1-4-14-8(12)6-7-10(3,11)9(13)15-5-2/h4-7H2,1-3H3. The quantitative estimate of drug-likeness (QED) is 0.552. The van der Waals surface area contributed by atoms with E-state index in [9.17, 15) is 9.59 Å². The zero-order valence-corrected chi connectivity index (χ0v) is 10.9. The van der Waals surface area contributed by atoms with Crippen molar-refractivity contribution in [2.45, 2.75) is 37.9 Å². The highest BCUT2D eigenvalue weighted by Crippen LogP contribution is 2.25. The van der Waals surface area contributed by atoms with Crippen LogP contribution in [0.2, 0.25) is 0 Å². The summed E-state index contributed by atoms with van der Waals surface area (Å²) in [6.45, 7) is 5.86. The first-order chi connectivity index (χ1) is 6.94. The molecule has 0 N–H and O–H groups in total. The number of halogens is 1. The van der Waals surface area contributed by atoms with Gasteiger partial charge in [0.25, 0.3) is 0 Å². The summed E-state index contributed by atoms with van der Waals surface area (Å²) in [6.07, 6.45) is 0.569. The first kappa shape index (κ1) is 14.4. The lowest BCUT2D eigenvalue weighted by Crippen LogP contribution is -2.31. The van der Waals surface area contributed by atoms with E-state index < -0.39 is 4.32 Å². The zero-order valence-electron chi connectivity index (χ0n) is 9.34. The molecule has 0 fully saturated rings. The smallest absolute Gasteiger partial charge is 0.322 e.